The number of carbonyl (C=O) groups is 1. The van der Waals surface area contributed by atoms with Gasteiger partial charge in [0.1, 0.15) is 0 Å². The maximum absolute atomic E-state index is 11.7. The maximum atomic E-state index is 11.7. The molecule has 0 radical (unpaired) electrons. The Bertz CT molecular complexity index is 417. The fourth-order valence-electron chi connectivity index (χ4n) is 1.89. The predicted octanol–water partition coefficient (Wildman–Crippen LogP) is 2.18. The summed E-state index contributed by atoms with van der Waals surface area (Å²) in [5.74, 6) is 2.80. The topological polar surface area (TPSA) is 20.3 Å². The van der Waals surface area contributed by atoms with Crippen LogP contribution in [0.5, 0.6) is 0 Å². The van der Waals surface area contributed by atoms with Crippen LogP contribution in [0.3, 0.4) is 0 Å². The average molecular weight is 199 g/mol. The highest BCUT2D eigenvalue weighted by Crippen LogP contribution is 2.23. The number of para-hydroxylation sites is 1. The highest BCUT2D eigenvalue weighted by Gasteiger charge is 2.20. The average Bonchev–Trinajstić information content (AvgIpc) is 2.30. The molecular weight excluding hydrogens is 186 g/mol. The molecule has 1 fully saturated rings. The molecule has 0 aliphatic carbocycles. The van der Waals surface area contributed by atoms with Crippen LogP contribution >= 0.6 is 0 Å². The van der Waals surface area contributed by atoms with E-state index < -0.39 is 0 Å². The fourth-order valence-corrected chi connectivity index (χ4v) is 1.89. The number of rotatable bonds is 1. The van der Waals surface area contributed by atoms with Gasteiger partial charge in [0.15, 0.2) is 0 Å². The quantitative estimate of drug-likeness (QED) is 0.635. The second kappa shape index (κ2) is 4.18. The predicted molar refractivity (Wildman–Crippen MR) is 60.6 cm³/mol. The number of hydrogen-bond donors (Lipinski definition) is 0. The molecule has 0 unspecified atom stereocenters. The number of piperidine rings is 1. The van der Waals surface area contributed by atoms with Crippen molar-refractivity contribution in [3.8, 4) is 12.3 Å². The summed E-state index contributed by atoms with van der Waals surface area (Å²) in [7, 11) is 0. The van der Waals surface area contributed by atoms with Crippen LogP contribution in [-0.2, 0) is 4.79 Å². The number of carbonyl (C=O) groups excluding carboxylic acids is 1. The maximum Gasteiger partial charge on any atom is 0.227 e. The molecule has 0 bridgehead atoms. The monoisotopic (exact) mass is 199 g/mol. The first-order chi connectivity index (χ1) is 7.33. The van der Waals surface area contributed by atoms with Gasteiger partial charge in [0.05, 0.1) is 5.69 Å². The third-order valence-corrected chi connectivity index (χ3v) is 2.67. The third-order valence-electron chi connectivity index (χ3n) is 2.67. The Morgan fingerprint density at radius 2 is 2.07 bits per heavy atom. The van der Waals surface area contributed by atoms with Gasteiger partial charge in [0, 0.05) is 18.5 Å². The summed E-state index contributed by atoms with van der Waals surface area (Å²) in [6.07, 6.45) is 8.11. The van der Waals surface area contributed by atoms with E-state index in [4.69, 9.17) is 6.42 Å². The molecule has 1 aromatic rings. The molecular formula is C13H13NO. The van der Waals surface area contributed by atoms with Gasteiger partial charge < -0.3 is 4.90 Å². The fraction of sp³-hybridized carbons (Fsp3) is 0.308. The van der Waals surface area contributed by atoms with E-state index >= 15 is 0 Å². The molecule has 0 aromatic heterocycles. The van der Waals surface area contributed by atoms with Crippen LogP contribution in [0.15, 0.2) is 24.3 Å². The zero-order valence-corrected chi connectivity index (χ0v) is 8.57. The summed E-state index contributed by atoms with van der Waals surface area (Å²) in [4.78, 5) is 13.5. The van der Waals surface area contributed by atoms with Gasteiger partial charge in [-0.2, -0.15) is 0 Å². The molecule has 0 N–H and O–H groups in total. The Balaban J connectivity index is 2.36. The SMILES string of the molecule is C#Cc1ccccc1N1CCCCC1=O. The Hall–Kier alpha value is -1.75. The lowest BCUT2D eigenvalue weighted by Gasteiger charge is -2.27. The molecule has 2 heteroatoms. The lowest BCUT2D eigenvalue weighted by Crippen LogP contribution is -2.35. The van der Waals surface area contributed by atoms with Crippen molar-refractivity contribution in [3.63, 3.8) is 0 Å². The van der Waals surface area contributed by atoms with E-state index in [1.165, 1.54) is 0 Å². The highest BCUT2D eigenvalue weighted by atomic mass is 16.2. The van der Waals surface area contributed by atoms with Crippen LogP contribution in [0.4, 0.5) is 5.69 Å². The number of nitrogens with zero attached hydrogens (tertiary/aromatic N) is 1. The van der Waals surface area contributed by atoms with Gasteiger partial charge in [-0.1, -0.05) is 18.1 Å². The van der Waals surface area contributed by atoms with Crippen LogP contribution in [0.25, 0.3) is 0 Å². The number of benzene rings is 1. The van der Waals surface area contributed by atoms with E-state index in [0.29, 0.717) is 6.42 Å². The molecule has 1 aromatic carbocycles. The van der Waals surface area contributed by atoms with Crippen molar-refractivity contribution in [1.82, 2.24) is 0 Å². The molecule has 0 atom stereocenters. The third kappa shape index (κ3) is 1.87. The first kappa shape index (κ1) is 9.79. The zero-order valence-electron chi connectivity index (χ0n) is 8.57. The number of hydrogen-bond acceptors (Lipinski definition) is 1. The number of amides is 1. The standard InChI is InChI=1S/C13H13NO/c1-2-11-7-3-4-8-12(11)14-10-6-5-9-13(14)15/h1,3-4,7-8H,5-6,9-10H2. The highest BCUT2D eigenvalue weighted by molar-refractivity contribution is 5.95. The van der Waals surface area contributed by atoms with Gasteiger partial charge in [0.2, 0.25) is 5.91 Å². The Morgan fingerprint density at radius 1 is 1.27 bits per heavy atom. The van der Waals surface area contributed by atoms with Gasteiger partial charge in [0.25, 0.3) is 0 Å². The Kier molecular flexibility index (Phi) is 2.73. The van der Waals surface area contributed by atoms with E-state index in [-0.39, 0.29) is 5.91 Å². The van der Waals surface area contributed by atoms with Crippen molar-refractivity contribution in [3.05, 3.63) is 29.8 Å². The van der Waals surface area contributed by atoms with Crippen LogP contribution < -0.4 is 4.90 Å². The van der Waals surface area contributed by atoms with Crippen molar-refractivity contribution in [2.24, 2.45) is 0 Å². The lowest BCUT2D eigenvalue weighted by atomic mass is 10.1. The normalized spacial score (nSPS) is 16.2. The molecule has 15 heavy (non-hydrogen) atoms. The number of anilines is 1. The van der Waals surface area contributed by atoms with Crippen molar-refractivity contribution in [2.75, 3.05) is 11.4 Å². The van der Waals surface area contributed by atoms with Gasteiger partial charge >= 0.3 is 0 Å². The minimum absolute atomic E-state index is 0.184. The van der Waals surface area contributed by atoms with Crippen molar-refractivity contribution >= 4 is 11.6 Å². The van der Waals surface area contributed by atoms with Crippen LogP contribution in [0, 0.1) is 12.3 Å². The van der Waals surface area contributed by atoms with Crippen molar-refractivity contribution in [2.45, 2.75) is 19.3 Å². The van der Waals surface area contributed by atoms with E-state index in [9.17, 15) is 4.79 Å². The lowest BCUT2D eigenvalue weighted by molar-refractivity contribution is -0.119. The van der Waals surface area contributed by atoms with Crippen molar-refractivity contribution in [1.29, 1.82) is 0 Å². The summed E-state index contributed by atoms with van der Waals surface area (Å²) in [5, 5.41) is 0. The molecule has 76 valence electrons. The molecule has 0 spiro atoms. The zero-order chi connectivity index (χ0) is 10.7. The summed E-state index contributed by atoms with van der Waals surface area (Å²) >= 11 is 0. The molecule has 0 saturated carbocycles. The van der Waals surface area contributed by atoms with E-state index in [0.717, 1.165) is 30.6 Å². The van der Waals surface area contributed by atoms with E-state index in [1.807, 2.05) is 24.3 Å². The Morgan fingerprint density at radius 3 is 2.80 bits per heavy atom. The second-order valence-electron chi connectivity index (χ2n) is 3.66. The summed E-state index contributed by atoms with van der Waals surface area (Å²) in [6, 6.07) is 7.60. The molecule has 1 aliphatic rings. The minimum Gasteiger partial charge on any atom is -0.311 e. The second-order valence-corrected chi connectivity index (χ2v) is 3.66. The molecule has 1 aliphatic heterocycles. The van der Waals surface area contributed by atoms with Gasteiger partial charge in [-0.05, 0) is 25.0 Å². The molecule has 1 saturated heterocycles. The first-order valence-corrected chi connectivity index (χ1v) is 5.19. The van der Waals surface area contributed by atoms with Gasteiger partial charge in [-0.15, -0.1) is 6.42 Å². The van der Waals surface area contributed by atoms with Crippen LogP contribution in [-0.4, -0.2) is 12.5 Å². The smallest absolute Gasteiger partial charge is 0.227 e. The van der Waals surface area contributed by atoms with Crippen LogP contribution in [0.1, 0.15) is 24.8 Å². The molecule has 1 heterocycles. The first-order valence-electron chi connectivity index (χ1n) is 5.19. The summed E-state index contributed by atoms with van der Waals surface area (Å²) in [5.41, 5.74) is 1.68. The van der Waals surface area contributed by atoms with Gasteiger partial charge in [-0.3, -0.25) is 4.79 Å². The Labute approximate surface area is 89.9 Å². The molecule has 2 nitrogen and oxygen atoms in total. The molecule has 2 rings (SSSR count). The van der Waals surface area contributed by atoms with Crippen LogP contribution in [0.2, 0.25) is 0 Å². The van der Waals surface area contributed by atoms with Crippen molar-refractivity contribution < 1.29 is 4.79 Å². The summed E-state index contributed by atoms with van der Waals surface area (Å²) in [6.45, 7) is 0.789. The number of terminal acetylenes is 1. The van der Waals surface area contributed by atoms with Gasteiger partial charge in [-0.25, -0.2) is 0 Å². The minimum atomic E-state index is 0.184. The largest absolute Gasteiger partial charge is 0.311 e. The molecule has 1 amide bonds. The van der Waals surface area contributed by atoms with E-state index in [2.05, 4.69) is 5.92 Å². The summed E-state index contributed by atoms with van der Waals surface area (Å²) < 4.78 is 0. The van der Waals surface area contributed by atoms with E-state index in [1.54, 1.807) is 4.90 Å².